The molecule has 1 heterocycles. The van der Waals surface area contributed by atoms with Crippen LogP contribution in [0.4, 0.5) is 4.39 Å². The van der Waals surface area contributed by atoms with Gasteiger partial charge in [0.25, 0.3) is 5.91 Å². The van der Waals surface area contributed by atoms with Crippen molar-refractivity contribution in [2.75, 3.05) is 26.2 Å². The second-order valence-electron chi connectivity index (χ2n) is 5.18. The van der Waals surface area contributed by atoms with E-state index in [1.807, 2.05) is 0 Å². The summed E-state index contributed by atoms with van der Waals surface area (Å²) in [5, 5.41) is 13.0. The van der Waals surface area contributed by atoms with E-state index in [4.69, 9.17) is 0 Å². The van der Waals surface area contributed by atoms with E-state index in [1.165, 1.54) is 18.2 Å². The summed E-state index contributed by atoms with van der Waals surface area (Å²) < 4.78 is 13.7. The average Bonchev–Trinajstić information content (AvgIpc) is 2.45. The summed E-state index contributed by atoms with van der Waals surface area (Å²) in [5.74, 6) is -0.801. The van der Waals surface area contributed by atoms with Crippen LogP contribution in [0.25, 0.3) is 0 Å². The van der Waals surface area contributed by atoms with Gasteiger partial charge in [-0.2, -0.15) is 0 Å². The van der Waals surface area contributed by atoms with Gasteiger partial charge in [0.15, 0.2) is 0 Å². The van der Waals surface area contributed by atoms with Crippen molar-refractivity contribution in [3.05, 3.63) is 29.6 Å². The van der Waals surface area contributed by atoms with Gasteiger partial charge in [-0.15, -0.1) is 0 Å². The summed E-state index contributed by atoms with van der Waals surface area (Å²) in [7, 11) is 0. The summed E-state index contributed by atoms with van der Waals surface area (Å²) in [6, 6.07) is 3.93. The number of likely N-dealkylation sites (tertiary alicyclic amines) is 1. The number of piperidine rings is 1. The minimum Gasteiger partial charge on any atom is -0.507 e. The quantitative estimate of drug-likeness (QED) is 0.887. The van der Waals surface area contributed by atoms with Crippen LogP contribution in [0.15, 0.2) is 18.2 Å². The van der Waals surface area contributed by atoms with Crippen molar-refractivity contribution in [3.63, 3.8) is 0 Å². The van der Waals surface area contributed by atoms with E-state index < -0.39 is 11.7 Å². The normalized spacial score (nSPS) is 16.4. The molecule has 5 heteroatoms. The van der Waals surface area contributed by atoms with Crippen molar-refractivity contribution in [1.29, 1.82) is 0 Å². The van der Waals surface area contributed by atoms with Gasteiger partial charge in [-0.05, 0) is 44.0 Å². The zero-order valence-corrected chi connectivity index (χ0v) is 11.7. The molecule has 0 atom stereocenters. The third kappa shape index (κ3) is 3.28. The predicted molar refractivity (Wildman–Crippen MR) is 75.2 cm³/mol. The average molecular weight is 280 g/mol. The summed E-state index contributed by atoms with van der Waals surface area (Å²) in [5.41, 5.74) is -0.211. The van der Waals surface area contributed by atoms with E-state index in [0.29, 0.717) is 19.0 Å². The molecule has 1 aromatic carbocycles. The first-order valence-electron chi connectivity index (χ1n) is 7.11. The molecule has 0 bridgehead atoms. The molecule has 20 heavy (non-hydrogen) atoms. The van der Waals surface area contributed by atoms with Crippen molar-refractivity contribution in [2.45, 2.75) is 19.8 Å². The molecule has 2 N–H and O–H groups in total. The van der Waals surface area contributed by atoms with Gasteiger partial charge in [0.2, 0.25) is 0 Å². The van der Waals surface area contributed by atoms with Crippen molar-refractivity contribution in [2.24, 2.45) is 5.92 Å². The Bertz CT molecular complexity index is 451. The first kappa shape index (κ1) is 14.8. The molecule has 0 saturated carbocycles. The summed E-state index contributed by atoms with van der Waals surface area (Å²) in [6.07, 6.45) is 1.82. The number of nitrogens with zero attached hydrogens (tertiary/aromatic N) is 1. The number of phenols is 1. The number of amides is 1. The van der Waals surface area contributed by atoms with Crippen LogP contribution >= 0.6 is 0 Å². The predicted octanol–water partition coefficient (Wildman–Crippen LogP) is 1.99. The number of benzene rings is 1. The first-order chi connectivity index (χ1) is 9.63. The van der Waals surface area contributed by atoms with Gasteiger partial charge >= 0.3 is 0 Å². The lowest BCUT2D eigenvalue weighted by molar-refractivity contribution is 0.0682. The number of halogens is 1. The number of hydrogen-bond acceptors (Lipinski definition) is 3. The maximum absolute atomic E-state index is 13.7. The van der Waals surface area contributed by atoms with Gasteiger partial charge in [0.1, 0.15) is 17.1 Å². The molecule has 0 aliphatic carbocycles. The van der Waals surface area contributed by atoms with Crippen molar-refractivity contribution < 1.29 is 14.3 Å². The highest BCUT2D eigenvalue weighted by molar-refractivity contribution is 5.97. The van der Waals surface area contributed by atoms with E-state index in [0.717, 1.165) is 25.9 Å². The van der Waals surface area contributed by atoms with Crippen molar-refractivity contribution in [1.82, 2.24) is 10.2 Å². The molecule has 1 saturated heterocycles. The molecular weight excluding hydrogens is 259 g/mol. The van der Waals surface area contributed by atoms with Crippen LogP contribution < -0.4 is 5.32 Å². The molecule has 1 amide bonds. The Morgan fingerprint density at radius 3 is 2.75 bits per heavy atom. The van der Waals surface area contributed by atoms with E-state index in [-0.39, 0.29) is 11.3 Å². The smallest absolute Gasteiger partial charge is 0.260 e. The number of rotatable bonds is 4. The van der Waals surface area contributed by atoms with E-state index >= 15 is 0 Å². The number of aromatic hydroxyl groups is 1. The number of carbonyl (C=O) groups is 1. The Labute approximate surface area is 118 Å². The molecule has 0 unspecified atom stereocenters. The van der Waals surface area contributed by atoms with Crippen LogP contribution in [0, 0.1) is 11.7 Å². The van der Waals surface area contributed by atoms with Crippen molar-refractivity contribution in [3.8, 4) is 5.75 Å². The van der Waals surface area contributed by atoms with Gasteiger partial charge in [-0.25, -0.2) is 4.39 Å². The molecule has 1 aromatic rings. The SMILES string of the molecule is CCNCC1CCN(C(=O)c2c(O)cccc2F)CC1. The number of phenolic OH excluding ortho intramolecular Hbond substituents is 1. The number of carbonyl (C=O) groups excluding carboxylic acids is 1. The summed E-state index contributed by atoms with van der Waals surface area (Å²) in [6.45, 7) is 5.21. The third-order valence-electron chi connectivity index (χ3n) is 3.79. The summed E-state index contributed by atoms with van der Waals surface area (Å²) >= 11 is 0. The fourth-order valence-corrected chi connectivity index (χ4v) is 2.57. The molecular formula is C15H21FN2O2. The molecule has 0 aromatic heterocycles. The van der Waals surface area contributed by atoms with Crippen LogP contribution in [0.2, 0.25) is 0 Å². The second kappa shape index (κ2) is 6.70. The zero-order valence-electron chi connectivity index (χ0n) is 11.7. The molecule has 0 radical (unpaired) electrons. The minimum atomic E-state index is -0.662. The maximum Gasteiger partial charge on any atom is 0.260 e. The maximum atomic E-state index is 13.7. The highest BCUT2D eigenvalue weighted by Gasteiger charge is 2.26. The topological polar surface area (TPSA) is 52.6 Å². The highest BCUT2D eigenvalue weighted by atomic mass is 19.1. The number of hydrogen-bond donors (Lipinski definition) is 2. The van der Waals surface area contributed by atoms with Gasteiger partial charge in [-0.3, -0.25) is 4.79 Å². The Morgan fingerprint density at radius 1 is 1.45 bits per heavy atom. The molecule has 110 valence electrons. The molecule has 1 fully saturated rings. The van der Waals surface area contributed by atoms with Gasteiger partial charge < -0.3 is 15.3 Å². The van der Waals surface area contributed by atoms with E-state index in [2.05, 4.69) is 12.2 Å². The molecule has 1 aliphatic rings. The van der Waals surface area contributed by atoms with Crippen molar-refractivity contribution >= 4 is 5.91 Å². The van der Waals surface area contributed by atoms with Crippen LogP contribution in [0.3, 0.4) is 0 Å². The third-order valence-corrected chi connectivity index (χ3v) is 3.79. The Balaban J connectivity index is 1.98. The van der Waals surface area contributed by atoms with E-state index in [1.54, 1.807) is 4.90 Å². The largest absolute Gasteiger partial charge is 0.507 e. The lowest BCUT2D eigenvalue weighted by atomic mass is 9.96. The number of nitrogens with one attached hydrogen (secondary N) is 1. The van der Waals surface area contributed by atoms with Crippen LogP contribution in [0.5, 0.6) is 5.75 Å². The molecule has 4 nitrogen and oxygen atoms in total. The minimum absolute atomic E-state index is 0.211. The zero-order chi connectivity index (χ0) is 14.5. The lowest BCUT2D eigenvalue weighted by Crippen LogP contribution is -2.41. The highest BCUT2D eigenvalue weighted by Crippen LogP contribution is 2.24. The van der Waals surface area contributed by atoms with Crippen LogP contribution in [0.1, 0.15) is 30.1 Å². The second-order valence-corrected chi connectivity index (χ2v) is 5.18. The van der Waals surface area contributed by atoms with E-state index in [9.17, 15) is 14.3 Å². The van der Waals surface area contributed by atoms with Gasteiger partial charge in [0.05, 0.1) is 0 Å². The fraction of sp³-hybridized carbons (Fsp3) is 0.533. The Hall–Kier alpha value is -1.62. The van der Waals surface area contributed by atoms with Gasteiger partial charge in [0, 0.05) is 13.1 Å². The lowest BCUT2D eigenvalue weighted by Gasteiger charge is -2.32. The fourth-order valence-electron chi connectivity index (χ4n) is 2.57. The standard InChI is InChI=1S/C15H21FN2O2/c1-2-17-10-11-6-8-18(9-7-11)15(20)14-12(16)4-3-5-13(14)19/h3-5,11,17,19H,2,6-10H2,1H3. The molecule has 1 aliphatic heterocycles. The Kier molecular flexibility index (Phi) is 4.95. The van der Waals surface area contributed by atoms with Crippen LogP contribution in [-0.4, -0.2) is 42.1 Å². The molecule has 2 rings (SSSR count). The molecule has 0 spiro atoms. The summed E-state index contributed by atoms with van der Waals surface area (Å²) in [4.78, 5) is 13.9. The van der Waals surface area contributed by atoms with Gasteiger partial charge in [-0.1, -0.05) is 13.0 Å². The first-order valence-corrected chi connectivity index (χ1v) is 7.11. The van der Waals surface area contributed by atoms with Crippen LogP contribution in [-0.2, 0) is 0 Å². The monoisotopic (exact) mass is 280 g/mol. The Morgan fingerprint density at radius 2 is 2.15 bits per heavy atom.